The van der Waals surface area contributed by atoms with Crippen molar-refractivity contribution in [1.82, 2.24) is 0 Å². The molecule has 2 aromatic carbocycles. The van der Waals surface area contributed by atoms with Gasteiger partial charge in [0.25, 0.3) is 0 Å². The van der Waals surface area contributed by atoms with E-state index < -0.39 is 11.9 Å². The van der Waals surface area contributed by atoms with Crippen LogP contribution in [0.2, 0.25) is 0 Å². The highest BCUT2D eigenvalue weighted by molar-refractivity contribution is 5.91. The van der Waals surface area contributed by atoms with Crippen LogP contribution in [0.15, 0.2) is 66.8 Å². The Balaban J connectivity index is 1.33. The number of hydrogen-bond donors (Lipinski definition) is 0. The van der Waals surface area contributed by atoms with Gasteiger partial charge in [0.2, 0.25) is 0 Å². The van der Waals surface area contributed by atoms with Gasteiger partial charge in [-0.15, -0.1) is 0 Å². The molecule has 0 amide bonds. The molecule has 1 fully saturated rings. The Bertz CT molecular complexity index is 1040. The highest BCUT2D eigenvalue weighted by Gasteiger charge is 2.26. The highest BCUT2D eigenvalue weighted by Crippen LogP contribution is 2.23. The zero-order chi connectivity index (χ0) is 25.0. The number of cyclic esters (lactones) is 1. The molecular weight excluding hydrogens is 448 g/mol. The van der Waals surface area contributed by atoms with E-state index in [9.17, 15) is 14.4 Å². The summed E-state index contributed by atoms with van der Waals surface area (Å²) in [7, 11) is 1.31. The summed E-state index contributed by atoms with van der Waals surface area (Å²) in [5.74, 6) is -0.0694. The van der Waals surface area contributed by atoms with Crippen LogP contribution in [0.25, 0.3) is 6.08 Å². The first kappa shape index (κ1) is 25.7. The van der Waals surface area contributed by atoms with Crippen LogP contribution in [-0.2, 0) is 19.1 Å². The molecule has 0 aromatic heterocycles. The summed E-state index contributed by atoms with van der Waals surface area (Å²) in [6.07, 6.45) is 8.46. The van der Waals surface area contributed by atoms with Crippen molar-refractivity contribution in [3.05, 3.63) is 77.9 Å². The number of rotatable bonds is 12. The molecule has 7 heteroatoms. The molecule has 0 saturated carbocycles. The summed E-state index contributed by atoms with van der Waals surface area (Å²) in [6.45, 7) is 4.29. The Hall–Kier alpha value is -3.87. The third-order valence-electron chi connectivity index (χ3n) is 5.52. The lowest BCUT2D eigenvalue weighted by Gasteiger charge is -2.09. The monoisotopic (exact) mass is 478 g/mol. The Labute approximate surface area is 205 Å². The van der Waals surface area contributed by atoms with Gasteiger partial charge in [-0.05, 0) is 67.3 Å². The number of carbonyl (C=O) groups is 3. The molecule has 0 N–H and O–H groups in total. The number of methoxy groups -OCH3 is 1. The third-order valence-corrected chi connectivity index (χ3v) is 5.52. The van der Waals surface area contributed by atoms with Crippen LogP contribution in [-0.4, -0.2) is 37.7 Å². The van der Waals surface area contributed by atoms with E-state index in [-0.39, 0.29) is 12.1 Å². The Kier molecular flexibility index (Phi) is 9.66. The van der Waals surface area contributed by atoms with E-state index in [1.165, 1.54) is 13.2 Å². The molecular formula is C28H30O7. The first-order chi connectivity index (χ1) is 16.9. The van der Waals surface area contributed by atoms with Crippen molar-refractivity contribution in [1.29, 1.82) is 0 Å². The number of hydrogen-bond acceptors (Lipinski definition) is 7. The molecule has 184 valence electrons. The van der Waals surface area contributed by atoms with Gasteiger partial charge in [0, 0.05) is 18.1 Å². The van der Waals surface area contributed by atoms with Crippen LogP contribution in [0.5, 0.6) is 11.5 Å². The van der Waals surface area contributed by atoms with Crippen LogP contribution in [0.3, 0.4) is 0 Å². The van der Waals surface area contributed by atoms with E-state index in [4.69, 9.17) is 14.2 Å². The summed E-state index contributed by atoms with van der Waals surface area (Å²) >= 11 is 0. The second-order valence-electron chi connectivity index (χ2n) is 8.23. The SMILES string of the molecule is C=C1CC(CCCCCCOc2ccc(C(=O)Oc3ccc(C=CC(=O)OC)cc3)cc2)OC1=O. The summed E-state index contributed by atoms with van der Waals surface area (Å²) < 4.78 is 20.9. The van der Waals surface area contributed by atoms with Crippen molar-refractivity contribution in [3.63, 3.8) is 0 Å². The lowest BCUT2D eigenvalue weighted by Crippen LogP contribution is -2.08. The van der Waals surface area contributed by atoms with Gasteiger partial charge >= 0.3 is 17.9 Å². The van der Waals surface area contributed by atoms with Crippen molar-refractivity contribution < 1.29 is 33.3 Å². The van der Waals surface area contributed by atoms with E-state index in [1.54, 1.807) is 54.6 Å². The fourth-order valence-corrected chi connectivity index (χ4v) is 3.55. The lowest BCUT2D eigenvalue weighted by atomic mass is 10.1. The minimum Gasteiger partial charge on any atom is -0.494 e. The summed E-state index contributed by atoms with van der Waals surface area (Å²) in [6, 6.07) is 13.6. The number of esters is 3. The zero-order valence-corrected chi connectivity index (χ0v) is 19.9. The maximum Gasteiger partial charge on any atom is 0.343 e. The first-order valence-corrected chi connectivity index (χ1v) is 11.6. The lowest BCUT2D eigenvalue weighted by molar-refractivity contribution is -0.139. The van der Waals surface area contributed by atoms with Gasteiger partial charge in [-0.1, -0.05) is 31.6 Å². The summed E-state index contributed by atoms with van der Waals surface area (Å²) in [5, 5.41) is 0. The molecule has 0 bridgehead atoms. The fourth-order valence-electron chi connectivity index (χ4n) is 3.55. The van der Waals surface area contributed by atoms with Gasteiger partial charge in [0.05, 0.1) is 19.3 Å². The molecule has 1 unspecified atom stereocenters. The highest BCUT2D eigenvalue weighted by atomic mass is 16.6. The van der Waals surface area contributed by atoms with Crippen LogP contribution in [0.4, 0.5) is 0 Å². The second-order valence-corrected chi connectivity index (χ2v) is 8.23. The largest absolute Gasteiger partial charge is 0.494 e. The number of ether oxygens (including phenoxy) is 4. The molecule has 1 aliphatic rings. The molecule has 7 nitrogen and oxygen atoms in total. The standard InChI is InChI=1S/C28H30O7/c1-20-19-25(35-27(20)30)7-5-3-4-6-18-33-23-15-11-22(12-16-23)28(31)34-24-13-8-21(9-14-24)10-17-26(29)32-2/h8-17,25H,1,3-7,18-19H2,2H3. The van der Waals surface area contributed by atoms with Gasteiger partial charge in [0.15, 0.2) is 0 Å². The molecule has 1 heterocycles. The van der Waals surface area contributed by atoms with E-state index in [1.807, 2.05) is 0 Å². The summed E-state index contributed by atoms with van der Waals surface area (Å²) in [4.78, 5) is 34.8. The van der Waals surface area contributed by atoms with Crippen LogP contribution in [0.1, 0.15) is 54.4 Å². The second kappa shape index (κ2) is 13.1. The van der Waals surface area contributed by atoms with E-state index >= 15 is 0 Å². The fraction of sp³-hybridized carbons (Fsp3) is 0.321. The third kappa shape index (κ3) is 8.45. The number of benzene rings is 2. The quantitative estimate of drug-likeness (QED) is 0.177. The molecule has 0 spiro atoms. The van der Waals surface area contributed by atoms with Crippen LogP contribution >= 0.6 is 0 Å². The van der Waals surface area contributed by atoms with E-state index in [2.05, 4.69) is 11.3 Å². The zero-order valence-electron chi connectivity index (χ0n) is 19.9. The molecule has 3 rings (SSSR count). The molecule has 1 saturated heterocycles. The number of carbonyl (C=O) groups excluding carboxylic acids is 3. The minimum atomic E-state index is -0.467. The van der Waals surface area contributed by atoms with Gasteiger partial charge in [-0.3, -0.25) is 0 Å². The maximum absolute atomic E-state index is 12.4. The predicted octanol–water partition coefficient (Wildman–Crippen LogP) is 5.29. The van der Waals surface area contributed by atoms with Gasteiger partial charge < -0.3 is 18.9 Å². The van der Waals surface area contributed by atoms with Crippen LogP contribution in [0, 0.1) is 0 Å². The van der Waals surface area contributed by atoms with Crippen molar-refractivity contribution in [2.24, 2.45) is 0 Å². The molecule has 0 aliphatic carbocycles. The normalized spacial score (nSPS) is 15.2. The van der Waals surface area contributed by atoms with Crippen molar-refractivity contribution >= 4 is 24.0 Å². The van der Waals surface area contributed by atoms with Crippen LogP contribution < -0.4 is 9.47 Å². The predicted molar refractivity (Wildman–Crippen MR) is 131 cm³/mol. The summed E-state index contributed by atoms with van der Waals surface area (Å²) in [5.41, 5.74) is 1.77. The van der Waals surface area contributed by atoms with Gasteiger partial charge in [-0.25, -0.2) is 14.4 Å². The van der Waals surface area contributed by atoms with Gasteiger partial charge in [0.1, 0.15) is 17.6 Å². The molecule has 2 aromatic rings. The Morgan fingerprint density at radius 1 is 1.00 bits per heavy atom. The minimum absolute atomic E-state index is 0.00833. The van der Waals surface area contributed by atoms with Gasteiger partial charge in [-0.2, -0.15) is 0 Å². The molecule has 0 radical (unpaired) electrons. The molecule has 35 heavy (non-hydrogen) atoms. The average molecular weight is 479 g/mol. The Morgan fingerprint density at radius 3 is 2.34 bits per heavy atom. The van der Waals surface area contributed by atoms with Crippen molar-refractivity contribution in [2.75, 3.05) is 13.7 Å². The molecule has 1 aliphatic heterocycles. The first-order valence-electron chi connectivity index (χ1n) is 11.6. The maximum atomic E-state index is 12.4. The van der Waals surface area contributed by atoms with E-state index in [0.717, 1.165) is 37.7 Å². The Morgan fingerprint density at radius 2 is 1.69 bits per heavy atom. The van der Waals surface area contributed by atoms with Crippen molar-refractivity contribution in [2.45, 2.75) is 44.6 Å². The number of unbranched alkanes of at least 4 members (excludes halogenated alkanes) is 3. The van der Waals surface area contributed by atoms with Crippen molar-refractivity contribution in [3.8, 4) is 11.5 Å². The van der Waals surface area contributed by atoms with E-state index in [0.29, 0.717) is 35.7 Å². The average Bonchev–Trinajstić information content (AvgIpc) is 3.19. The topological polar surface area (TPSA) is 88.1 Å². The molecule has 1 atom stereocenters. The smallest absolute Gasteiger partial charge is 0.343 e.